The van der Waals surface area contributed by atoms with Gasteiger partial charge < -0.3 is 10.6 Å². The largest absolute Gasteiger partial charge is 0.381 e. The van der Waals surface area contributed by atoms with Crippen LogP contribution in [0.2, 0.25) is 0 Å². The fourth-order valence-corrected chi connectivity index (χ4v) is 4.62. The van der Waals surface area contributed by atoms with Gasteiger partial charge in [-0.3, -0.25) is 0 Å². The van der Waals surface area contributed by atoms with Crippen molar-refractivity contribution in [3.8, 4) is 0 Å². The minimum absolute atomic E-state index is 0. The molecule has 0 saturated carbocycles. The number of hydrogen-bond donors (Lipinski definition) is 2. The van der Waals surface area contributed by atoms with E-state index in [1.165, 1.54) is 40.7 Å². The van der Waals surface area contributed by atoms with Gasteiger partial charge in [-0.15, -0.1) is 24.8 Å². The lowest BCUT2D eigenvalue weighted by molar-refractivity contribution is 0.332. The van der Waals surface area contributed by atoms with Crippen LogP contribution in [-0.4, -0.2) is 19.1 Å². The first-order chi connectivity index (χ1) is 12.4. The first kappa shape index (κ1) is 23.1. The Morgan fingerprint density at radius 3 is 2.36 bits per heavy atom. The van der Waals surface area contributed by atoms with Gasteiger partial charge in [0.1, 0.15) is 0 Å². The van der Waals surface area contributed by atoms with Crippen LogP contribution in [0.3, 0.4) is 0 Å². The molecule has 0 spiro atoms. The number of nitrogens with one attached hydrogen (secondary N) is 2. The summed E-state index contributed by atoms with van der Waals surface area (Å²) in [7, 11) is 0. The van der Waals surface area contributed by atoms with E-state index < -0.39 is 0 Å². The molecule has 154 valence electrons. The van der Waals surface area contributed by atoms with Gasteiger partial charge in [0, 0.05) is 6.54 Å². The highest BCUT2D eigenvalue weighted by Gasteiger charge is 2.37. The van der Waals surface area contributed by atoms with Crippen molar-refractivity contribution >= 4 is 30.4 Å². The van der Waals surface area contributed by atoms with Crippen molar-refractivity contribution in [1.82, 2.24) is 10.6 Å². The Kier molecular flexibility index (Phi) is 7.12. The van der Waals surface area contributed by atoms with E-state index in [-0.39, 0.29) is 35.6 Å². The Labute approximate surface area is 182 Å². The number of fused-ring (bicyclic) bond motifs is 1. The van der Waals surface area contributed by atoms with Crippen molar-refractivity contribution in [2.24, 2.45) is 0 Å². The highest BCUT2D eigenvalue weighted by Crippen LogP contribution is 2.46. The van der Waals surface area contributed by atoms with Crippen molar-refractivity contribution < 1.29 is 0 Å². The summed E-state index contributed by atoms with van der Waals surface area (Å²) in [5.41, 5.74) is 7.82. The predicted octanol–water partition coefficient (Wildman–Crippen LogP) is 5.67. The summed E-state index contributed by atoms with van der Waals surface area (Å²) in [5, 5.41) is 6.93. The van der Waals surface area contributed by atoms with Crippen LogP contribution in [0.15, 0.2) is 48.2 Å². The van der Waals surface area contributed by atoms with Gasteiger partial charge in [-0.2, -0.15) is 0 Å². The zero-order valence-corrected chi connectivity index (χ0v) is 19.1. The third-order valence-corrected chi connectivity index (χ3v) is 6.57. The van der Waals surface area contributed by atoms with Gasteiger partial charge in [-0.25, -0.2) is 0 Å². The summed E-state index contributed by atoms with van der Waals surface area (Å²) in [5.74, 6) is 0. The van der Waals surface area contributed by atoms with Crippen LogP contribution in [0.25, 0.3) is 5.57 Å². The van der Waals surface area contributed by atoms with E-state index in [1.54, 1.807) is 0 Å². The Hall–Kier alpha value is -1.22. The van der Waals surface area contributed by atoms with Crippen molar-refractivity contribution in [3.63, 3.8) is 0 Å². The number of rotatable bonds is 2. The van der Waals surface area contributed by atoms with Crippen molar-refractivity contribution in [1.29, 1.82) is 0 Å². The van der Waals surface area contributed by atoms with Crippen molar-refractivity contribution in [2.75, 3.05) is 13.1 Å². The maximum Gasteiger partial charge on any atom is 0.0662 e. The molecule has 2 nitrogen and oxygen atoms in total. The van der Waals surface area contributed by atoms with Crippen LogP contribution in [0, 0.1) is 0 Å². The summed E-state index contributed by atoms with van der Waals surface area (Å²) < 4.78 is 0. The quantitative estimate of drug-likeness (QED) is 0.602. The topological polar surface area (TPSA) is 24.1 Å². The maximum atomic E-state index is 3.53. The van der Waals surface area contributed by atoms with Gasteiger partial charge >= 0.3 is 0 Å². The minimum Gasteiger partial charge on any atom is -0.381 e. The smallest absolute Gasteiger partial charge is 0.0662 e. The summed E-state index contributed by atoms with van der Waals surface area (Å²) in [6.45, 7) is 11.7. The van der Waals surface area contributed by atoms with Crippen LogP contribution in [0.5, 0.6) is 0 Å². The summed E-state index contributed by atoms with van der Waals surface area (Å²) in [6.07, 6.45) is 12.7. The second kappa shape index (κ2) is 8.65. The summed E-state index contributed by atoms with van der Waals surface area (Å²) >= 11 is 0. The van der Waals surface area contributed by atoms with Crippen molar-refractivity contribution in [3.05, 3.63) is 64.9 Å². The number of allylic oxidation sites excluding steroid dienone is 2. The molecule has 4 heteroatoms. The molecule has 2 heterocycles. The van der Waals surface area contributed by atoms with E-state index >= 15 is 0 Å². The lowest BCUT2D eigenvalue weighted by atomic mass is 9.63. The zero-order chi connectivity index (χ0) is 18.4. The molecule has 1 aromatic rings. The molecule has 0 bridgehead atoms. The van der Waals surface area contributed by atoms with Crippen LogP contribution in [-0.2, 0) is 10.8 Å². The molecule has 0 radical (unpaired) electrons. The molecule has 2 N–H and O–H groups in total. The van der Waals surface area contributed by atoms with Gasteiger partial charge in [0.2, 0.25) is 0 Å². The van der Waals surface area contributed by atoms with Crippen LogP contribution in [0.4, 0.5) is 0 Å². The second-order valence-corrected chi connectivity index (χ2v) is 9.36. The van der Waals surface area contributed by atoms with E-state index in [0.717, 1.165) is 19.5 Å². The molecule has 0 amide bonds. The van der Waals surface area contributed by atoms with E-state index in [2.05, 4.69) is 81.0 Å². The van der Waals surface area contributed by atoms with E-state index in [9.17, 15) is 0 Å². The molecule has 0 aromatic heterocycles. The van der Waals surface area contributed by atoms with Crippen LogP contribution < -0.4 is 10.6 Å². The summed E-state index contributed by atoms with van der Waals surface area (Å²) in [4.78, 5) is 0. The number of halogens is 2. The number of hydrogen-bond acceptors (Lipinski definition) is 2. The normalized spacial score (nSPS) is 24.5. The highest BCUT2D eigenvalue weighted by molar-refractivity contribution is 5.85. The molecule has 4 rings (SSSR count). The standard InChI is InChI=1S/C24H32N2.2ClH/c1-23(2)10-11-24(3,4)21-15-18(5-6-20(21)23)19-9-14-26-22(16-19)17-7-12-25-13-8-17;;/h5-7,9,14-16,22,25-26H,8,10-13H2,1-4H3;2*1H. The van der Waals surface area contributed by atoms with Gasteiger partial charge in [0.15, 0.2) is 0 Å². The number of benzene rings is 1. The van der Waals surface area contributed by atoms with E-state index in [4.69, 9.17) is 0 Å². The third-order valence-electron chi connectivity index (χ3n) is 6.57. The Morgan fingerprint density at radius 1 is 0.964 bits per heavy atom. The lowest BCUT2D eigenvalue weighted by Crippen LogP contribution is -2.34. The second-order valence-electron chi connectivity index (χ2n) is 9.36. The zero-order valence-electron chi connectivity index (χ0n) is 17.5. The minimum atomic E-state index is 0. The lowest BCUT2D eigenvalue weighted by Gasteiger charge is -2.42. The molecular formula is C24H34Cl2N2. The summed E-state index contributed by atoms with van der Waals surface area (Å²) in [6, 6.07) is 7.52. The molecule has 2 aliphatic heterocycles. The Balaban J connectivity index is 0.00000140. The Bertz CT molecular complexity index is 803. The molecule has 1 aliphatic carbocycles. The van der Waals surface area contributed by atoms with E-state index in [1.807, 2.05) is 0 Å². The van der Waals surface area contributed by atoms with Crippen molar-refractivity contribution in [2.45, 2.75) is 63.8 Å². The molecule has 1 unspecified atom stereocenters. The van der Waals surface area contributed by atoms with Gasteiger partial charge in [-0.1, -0.05) is 58.0 Å². The molecule has 0 saturated heterocycles. The van der Waals surface area contributed by atoms with E-state index in [0.29, 0.717) is 6.04 Å². The number of dihydropyridines is 1. The average Bonchev–Trinajstić information content (AvgIpc) is 2.66. The Morgan fingerprint density at radius 2 is 1.68 bits per heavy atom. The molecule has 3 aliphatic rings. The third kappa shape index (κ3) is 4.35. The molecule has 1 aromatic carbocycles. The fourth-order valence-electron chi connectivity index (χ4n) is 4.62. The highest BCUT2D eigenvalue weighted by atomic mass is 35.5. The average molecular weight is 421 g/mol. The predicted molar refractivity (Wildman–Crippen MR) is 126 cm³/mol. The van der Waals surface area contributed by atoms with Crippen LogP contribution >= 0.6 is 24.8 Å². The molecule has 1 atom stereocenters. The van der Waals surface area contributed by atoms with Gasteiger partial charge in [0.25, 0.3) is 0 Å². The molecule has 0 fully saturated rings. The first-order valence-electron chi connectivity index (χ1n) is 10.1. The van der Waals surface area contributed by atoms with Gasteiger partial charge in [-0.05, 0) is 76.7 Å². The fraction of sp³-hybridized carbons (Fsp3) is 0.500. The maximum absolute atomic E-state index is 3.53. The van der Waals surface area contributed by atoms with Gasteiger partial charge in [0.05, 0.1) is 6.04 Å². The first-order valence-corrected chi connectivity index (χ1v) is 10.1. The van der Waals surface area contributed by atoms with Crippen LogP contribution in [0.1, 0.15) is 63.6 Å². The molecular weight excluding hydrogens is 387 g/mol. The monoisotopic (exact) mass is 420 g/mol. The SMILES string of the molecule is CC1(C)CCC(C)(C)c2cc(C3=CC(C4=CCNCC4)NC=C3)ccc21.Cl.Cl. The molecule has 28 heavy (non-hydrogen) atoms.